The molecule has 5 nitrogen and oxygen atoms in total. The molecule has 1 saturated carbocycles. The smallest absolute Gasteiger partial charge is 0.407 e. The van der Waals surface area contributed by atoms with Crippen molar-refractivity contribution in [1.82, 2.24) is 5.32 Å². The molecular weight excluding hydrogens is 234 g/mol. The Kier molecular flexibility index (Phi) is 4.45. The molecule has 0 atom stereocenters. The van der Waals surface area contributed by atoms with Gasteiger partial charge in [-0.15, -0.1) is 0 Å². The van der Waals surface area contributed by atoms with Crippen molar-refractivity contribution in [3.8, 4) is 0 Å². The first-order valence-electron chi connectivity index (χ1n) is 6.81. The van der Waals surface area contributed by atoms with Gasteiger partial charge in [0.1, 0.15) is 0 Å². The van der Waals surface area contributed by atoms with Crippen molar-refractivity contribution in [3.63, 3.8) is 0 Å². The minimum absolute atomic E-state index is 0.183. The summed E-state index contributed by atoms with van der Waals surface area (Å²) in [6.45, 7) is 5.89. The van der Waals surface area contributed by atoms with Crippen LogP contribution < -0.4 is 5.32 Å². The fraction of sp³-hybridized carbons (Fsp3) is 0.923. The average molecular weight is 257 g/mol. The van der Waals surface area contributed by atoms with E-state index in [1.165, 1.54) is 0 Å². The molecule has 1 aliphatic carbocycles. The van der Waals surface area contributed by atoms with Crippen LogP contribution in [0.1, 0.15) is 39.5 Å². The highest BCUT2D eigenvalue weighted by molar-refractivity contribution is 5.67. The van der Waals surface area contributed by atoms with Gasteiger partial charge in [0, 0.05) is 18.9 Å². The van der Waals surface area contributed by atoms with E-state index in [2.05, 4.69) is 5.32 Å². The van der Waals surface area contributed by atoms with Gasteiger partial charge in [0.05, 0.1) is 19.8 Å². The molecule has 0 aromatic rings. The first-order valence-corrected chi connectivity index (χ1v) is 6.81. The molecular formula is C13H23NO4. The van der Waals surface area contributed by atoms with E-state index in [1.54, 1.807) is 0 Å². The fourth-order valence-electron chi connectivity index (χ4n) is 2.44. The Morgan fingerprint density at radius 1 is 1.33 bits per heavy atom. The fourth-order valence-corrected chi connectivity index (χ4v) is 2.44. The van der Waals surface area contributed by atoms with E-state index >= 15 is 0 Å². The lowest BCUT2D eigenvalue weighted by Crippen LogP contribution is -2.44. The van der Waals surface area contributed by atoms with Crippen molar-refractivity contribution in [1.29, 1.82) is 0 Å². The largest absolute Gasteiger partial charge is 0.449 e. The summed E-state index contributed by atoms with van der Waals surface area (Å²) in [7, 11) is 0. The lowest BCUT2D eigenvalue weighted by Gasteiger charge is -2.35. The van der Waals surface area contributed by atoms with E-state index in [1.807, 2.05) is 13.8 Å². The number of hydrogen-bond donors (Lipinski definition) is 1. The third-order valence-corrected chi connectivity index (χ3v) is 3.43. The summed E-state index contributed by atoms with van der Waals surface area (Å²) in [5, 5.41) is 2.91. The van der Waals surface area contributed by atoms with E-state index < -0.39 is 0 Å². The van der Waals surface area contributed by atoms with E-state index in [0.717, 1.165) is 25.7 Å². The molecule has 1 heterocycles. The van der Waals surface area contributed by atoms with Gasteiger partial charge in [0.25, 0.3) is 0 Å². The summed E-state index contributed by atoms with van der Waals surface area (Å²) in [6, 6.07) is 0.183. The zero-order chi connectivity index (χ0) is 13.0. The number of nitrogens with one attached hydrogen (secondary N) is 1. The van der Waals surface area contributed by atoms with Crippen LogP contribution in [0, 0.1) is 5.92 Å². The molecule has 5 heteroatoms. The first kappa shape index (κ1) is 13.6. The number of carbonyl (C=O) groups is 1. The molecule has 104 valence electrons. The Morgan fingerprint density at radius 2 is 1.94 bits per heavy atom. The highest BCUT2D eigenvalue weighted by atomic mass is 16.7. The van der Waals surface area contributed by atoms with Gasteiger partial charge in [-0.1, -0.05) is 13.8 Å². The third-order valence-electron chi connectivity index (χ3n) is 3.43. The predicted molar refractivity (Wildman–Crippen MR) is 66.2 cm³/mol. The van der Waals surface area contributed by atoms with Crippen LogP contribution in [0.15, 0.2) is 0 Å². The zero-order valence-corrected chi connectivity index (χ0v) is 11.2. The van der Waals surface area contributed by atoms with E-state index in [-0.39, 0.29) is 17.9 Å². The molecule has 0 unspecified atom stereocenters. The number of carbonyl (C=O) groups excluding carboxylic acids is 1. The Hall–Kier alpha value is -0.810. The minimum atomic E-state index is -0.361. The number of rotatable bonds is 3. The van der Waals surface area contributed by atoms with E-state index in [4.69, 9.17) is 14.2 Å². The standard InChI is InChI=1S/C13H23NO4/c1-10(2)9-16-12(15)14-11-3-5-13(6-4-11)17-7-8-18-13/h10-11H,3-9H2,1-2H3,(H,14,15). The lowest BCUT2D eigenvalue weighted by atomic mass is 9.90. The highest BCUT2D eigenvalue weighted by Gasteiger charge is 2.40. The number of alkyl carbamates (subject to hydrolysis) is 1. The van der Waals surface area contributed by atoms with Crippen molar-refractivity contribution in [3.05, 3.63) is 0 Å². The maximum Gasteiger partial charge on any atom is 0.407 e. The van der Waals surface area contributed by atoms with Gasteiger partial charge in [0.2, 0.25) is 0 Å². The van der Waals surface area contributed by atoms with Crippen LogP contribution in [0.3, 0.4) is 0 Å². The van der Waals surface area contributed by atoms with Gasteiger partial charge >= 0.3 is 6.09 Å². The van der Waals surface area contributed by atoms with Gasteiger partial charge < -0.3 is 19.5 Å². The van der Waals surface area contributed by atoms with Crippen molar-refractivity contribution in [2.45, 2.75) is 51.4 Å². The summed E-state index contributed by atoms with van der Waals surface area (Å²) in [6.07, 6.45) is 3.16. The summed E-state index contributed by atoms with van der Waals surface area (Å²) in [4.78, 5) is 11.5. The van der Waals surface area contributed by atoms with Crippen LogP contribution in [0.2, 0.25) is 0 Å². The van der Waals surface area contributed by atoms with Crippen LogP contribution in [-0.2, 0) is 14.2 Å². The van der Waals surface area contributed by atoms with Crippen LogP contribution >= 0.6 is 0 Å². The SMILES string of the molecule is CC(C)COC(=O)NC1CCC2(CC1)OCCO2. The normalized spacial score (nSPS) is 23.5. The van der Waals surface area contributed by atoms with E-state index in [0.29, 0.717) is 25.7 Å². The zero-order valence-electron chi connectivity index (χ0n) is 11.2. The Labute approximate surface area is 108 Å². The van der Waals surface area contributed by atoms with E-state index in [9.17, 15) is 4.79 Å². The third kappa shape index (κ3) is 3.59. The summed E-state index contributed by atoms with van der Waals surface area (Å²) < 4.78 is 16.4. The molecule has 0 aromatic heterocycles. The molecule has 18 heavy (non-hydrogen) atoms. The molecule has 1 aliphatic heterocycles. The van der Waals surface area contributed by atoms with Crippen molar-refractivity contribution in [2.75, 3.05) is 19.8 Å². The molecule has 1 spiro atoms. The van der Waals surface area contributed by atoms with Gasteiger partial charge in [-0.3, -0.25) is 0 Å². The van der Waals surface area contributed by atoms with Crippen molar-refractivity contribution < 1.29 is 19.0 Å². The molecule has 1 amide bonds. The van der Waals surface area contributed by atoms with Gasteiger partial charge in [-0.2, -0.15) is 0 Å². The quantitative estimate of drug-likeness (QED) is 0.840. The van der Waals surface area contributed by atoms with Crippen LogP contribution in [0.25, 0.3) is 0 Å². The van der Waals surface area contributed by atoms with Crippen LogP contribution in [0.5, 0.6) is 0 Å². The number of ether oxygens (including phenoxy) is 3. The molecule has 1 N–H and O–H groups in total. The lowest BCUT2D eigenvalue weighted by molar-refractivity contribution is -0.179. The maximum atomic E-state index is 11.5. The predicted octanol–water partition coefficient (Wildman–Crippen LogP) is 2.05. The summed E-state index contributed by atoms with van der Waals surface area (Å²) in [5.74, 6) is 0.00526. The molecule has 0 aromatic carbocycles. The number of hydrogen-bond acceptors (Lipinski definition) is 4. The topological polar surface area (TPSA) is 56.8 Å². The van der Waals surface area contributed by atoms with Crippen LogP contribution in [0.4, 0.5) is 4.79 Å². The Morgan fingerprint density at radius 3 is 2.50 bits per heavy atom. The van der Waals surface area contributed by atoms with Gasteiger partial charge in [-0.25, -0.2) is 4.79 Å². The maximum absolute atomic E-state index is 11.5. The highest BCUT2D eigenvalue weighted by Crippen LogP contribution is 2.35. The van der Waals surface area contributed by atoms with Gasteiger partial charge in [0.15, 0.2) is 5.79 Å². The molecule has 2 aliphatic rings. The minimum Gasteiger partial charge on any atom is -0.449 e. The molecule has 2 rings (SSSR count). The second-order valence-corrected chi connectivity index (χ2v) is 5.52. The summed E-state index contributed by atoms with van der Waals surface area (Å²) >= 11 is 0. The Balaban J connectivity index is 1.68. The average Bonchev–Trinajstić information content (AvgIpc) is 2.79. The van der Waals surface area contributed by atoms with Crippen molar-refractivity contribution >= 4 is 6.09 Å². The molecule has 1 saturated heterocycles. The summed E-state index contributed by atoms with van der Waals surface area (Å²) in [5.41, 5.74) is 0. The second-order valence-electron chi connectivity index (χ2n) is 5.52. The van der Waals surface area contributed by atoms with Crippen molar-refractivity contribution in [2.24, 2.45) is 5.92 Å². The monoisotopic (exact) mass is 257 g/mol. The first-order chi connectivity index (χ1) is 8.60. The second kappa shape index (κ2) is 5.89. The molecule has 2 fully saturated rings. The van der Waals surface area contributed by atoms with Crippen LogP contribution in [-0.4, -0.2) is 37.7 Å². The Bertz CT molecular complexity index is 277. The molecule has 0 radical (unpaired) electrons. The molecule has 0 bridgehead atoms. The van der Waals surface area contributed by atoms with Gasteiger partial charge in [-0.05, 0) is 18.8 Å². The number of amides is 1.